The largest absolute Gasteiger partial charge is 0.373 e. The Balaban J connectivity index is 2.17. The van der Waals surface area contributed by atoms with Gasteiger partial charge < -0.3 is 10.2 Å². The molecule has 0 aliphatic carbocycles. The predicted molar refractivity (Wildman–Crippen MR) is 88.6 cm³/mol. The number of hydrogen-bond acceptors (Lipinski definition) is 5. The molecule has 2 rings (SSSR count). The van der Waals surface area contributed by atoms with Crippen LogP contribution in [-0.4, -0.2) is 36.4 Å². The molecule has 128 valence electrons. The lowest BCUT2D eigenvalue weighted by molar-refractivity contribution is -0.112. The number of anilines is 1. The lowest BCUT2D eigenvalue weighted by Crippen LogP contribution is -2.34. The molecule has 1 unspecified atom stereocenters. The first-order valence-electron chi connectivity index (χ1n) is 7.58. The van der Waals surface area contributed by atoms with Crippen LogP contribution in [0.2, 0.25) is 0 Å². The third kappa shape index (κ3) is 4.57. The van der Waals surface area contributed by atoms with Gasteiger partial charge in [-0.15, -0.1) is 0 Å². The maximum Gasteiger partial charge on any atom is 0.294 e. The number of carbonyl (C=O) groups is 1. The molecule has 1 atom stereocenters. The number of nitrogens with zero attached hydrogens (tertiary/aromatic N) is 2. The summed E-state index contributed by atoms with van der Waals surface area (Å²) in [6.07, 6.45) is 4.69. The van der Waals surface area contributed by atoms with E-state index in [1.807, 2.05) is 17.9 Å². The number of benzene rings is 1. The van der Waals surface area contributed by atoms with Crippen molar-refractivity contribution >= 4 is 21.7 Å². The van der Waals surface area contributed by atoms with Gasteiger partial charge in [-0.05, 0) is 44.4 Å². The van der Waals surface area contributed by atoms with Crippen LogP contribution in [0.15, 0.2) is 40.9 Å². The minimum Gasteiger partial charge on any atom is -0.373 e. The van der Waals surface area contributed by atoms with E-state index in [1.54, 1.807) is 6.20 Å². The Labute approximate surface area is 141 Å². The van der Waals surface area contributed by atoms with Crippen molar-refractivity contribution in [3.8, 4) is 6.07 Å². The van der Waals surface area contributed by atoms with E-state index in [1.165, 1.54) is 18.2 Å². The van der Waals surface area contributed by atoms with Gasteiger partial charge in [-0.25, -0.2) is 0 Å². The van der Waals surface area contributed by atoms with E-state index >= 15 is 0 Å². The fourth-order valence-electron chi connectivity index (χ4n) is 2.55. The first kappa shape index (κ1) is 18.0. The molecule has 0 spiro atoms. The van der Waals surface area contributed by atoms with Gasteiger partial charge in [-0.2, -0.15) is 13.7 Å². The molecule has 1 amide bonds. The van der Waals surface area contributed by atoms with Crippen molar-refractivity contribution in [2.45, 2.75) is 37.1 Å². The SMILES string of the molecule is CC1CCCCN1/C=C(/C#N)C(=O)Nc1cccc(S(=O)(=O)O)c1. The Morgan fingerprint density at radius 1 is 1.46 bits per heavy atom. The summed E-state index contributed by atoms with van der Waals surface area (Å²) in [4.78, 5) is 13.9. The fraction of sp³-hybridized carbons (Fsp3) is 0.375. The molecule has 0 radical (unpaired) electrons. The first-order chi connectivity index (χ1) is 11.3. The Hall–Kier alpha value is -2.37. The second-order valence-electron chi connectivity index (χ2n) is 5.69. The van der Waals surface area contributed by atoms with Crippen molar-refractivity contribution in [3.63, 3.8) is 0 Å². The summed E-state index contributed by atoms with van der Waals surface area (Å²) in [6.45, 7) is 2.83. The molecule has 0 aromatic heterocycles. The van der Waals surface area contributed by atoms with Gasteiger partial charge >= 0.3 is 0 Å². The lowest BCUT2D eigenvalue weighted by atomic mass is 10.0. The van der Waals surface area contributed by atoms with Crippen LogP contribution >= 0.6 is 0 Å². The normalized spacial score (nSPS) is 18.8. The molecule has 24 heavy (non-hydrogen) atoms. The molecule has 1 aromatic rings. The van der Waals surface area contributed by atoms with Crippen LogP contribution < -0.4 is 5.32 Å². The highest BCUT2D eigenvalue weighted by Gasteiger charge is 2.19. The number of nitriles is 1. The third-order valence-corrected chi connectivity index (χ3v) is 4.75. The first-order valence-corrected chi connectivity index (χ1v) is 9.02. The Kier molecular flexibility index (Phi) is 5.59. The minimum absolute atomic E-state index is 0.0546. The highest BCUT2D eigenvalue weighted by atomic mass is 32.2. The van der Waals surface area contributed by atoms with Crippen molar-refractivity contribution in [3.05, 3.63) is 36.0 Å². The van der Waals surface area contributed by atoms with E-state index in [0.717, 1.165) is 31.9 Å². The summed E-state index contributed by atoms with van der Waals surface area (Å²) >= 11 is 0. The average molecular weight is 349 g/mol. The van der Waals surface area contributed by atoms with Crippen molar-refractivity contribution in [1.29, 1.82) is 5.26 Å². The van der Waals surface area contributed by atoms with Crippen LogP contribution in [0.3, 0.4) is 0 Å². The molecule has 1 heterocycles. The van der Waals surface area contributed by atoms with Crippen molar-refractivity contribution in [1.82, 2.24) is 4.90 Å². The predicted octanol–water partition coefficient (Wildman–Crippen LogP) is 2.15. The van der Waals surface area contributed by atoms with Gasteiger partial charge in [0, 0.05) is 24.5 Å². The highest BCUT2D eigenvalue weighted by Crippen LogP contribution is 2.19. The lowest BCUT2D eigenvalue weighted by Gasteiger charge is -2.32. The number of hydrogen-bond donors (Lipinski definition) is 2. The zero-order valence-corrected chi connectivity index (χ0v) is 14.1. The molecule has 2 N–H and O–H groups in total. The molecule has 7 nitrogen and oxygen atoms in total. The van der Waals surface area contributed by atoms with Gasteiger partial charge in [-0.3, -0.25) is 9.35 Å². The molecule has 1 fully saturated rings. The number of piperidine rings is 1. The Morgan fingerprint density at radius 3 is 2.83 bits per heavy atom. The quantitative estimate of drug-likeness (QED) is 0.489. The van der Waals surface area contributed by atoms with Gasteiger partial charge in [0.05, 0.1) is 4.90 Å². The molecule has 1 saturated heterocycles. The average Bonchev–Trinajstić information content (AvgIpc) is 2.53. The molecule has 0 saturated carbocycles. The van der Waals surface area contributed by atoms with E-state index in [-0.39, 0.29) is 22.2 Å². The van der Waals surface area contributed by atoms with Crippen LogP contribution in [0.4, 0.5) is 5.69 Å². The van der Waals surface area contributed by atoms with Crippen molar-refractivity contribution in [2.75, 3.05) is 11.9 Å². The number of carbonyl (C=O) groups excluding carboxylic acids is 1. The van der Waals surface area contributed by atoms with Crippen LogP contribution in [0.5, 0.6) is 0 Å². The molecule has 8 heteroatoms. The molecule has 1 aromatic carbocycles. The van der Waals surface area contributed by atoms with Gasteiger partial charge in [-0.1, -0.05) is 6.07 Å². The summed E-state index contributed by atoms with van der Waals surface area (Å²) in [5, 5.41) is 11.7. The van der Waals surface area contributed by atoms with Gasteiger partial charge in [0.15, 0.2) is 0 Å². The van der Waals surface area contributed by atoms with Crippen molar-refractivity contribution < 1.29 is 17.8 Å². The molecular weight excluding hydrogens is 330 g/mol. The van der Waals surface area contributed by atoms with Crippen LogP contribution in [-0.2, 0) is 14.9 Å². The number of amides is 1. The van der Waals surface area contributed by atoms with Gasteiger partial charge in [0.1, 0.15) is 11.6 Å². The van der Waals surface area contributed by atoms with E-state index in [2.05, 4.69) is 5.32 Å². The summed E-state index contributed by atoms with van der Waals surface area (Å²) in [7, 11) is -4.36. The van der Waals surface area contributed by atoms with Crippen LogP contribution in [0.1, 0.15) is 26.2 Å². The summed E-state index contributed by atoms with van der Waals surface area (Å²) in [5.74, 6) is -0.622. The Bertz CT molecular complexity index is 796. The molecule has 1 aliphatic heterocycles. The number of rotatable bonds is 4. The highest BCUT2D eigenvalue weighted by molar-refractivity contribution is 7.85. The third-order valence-electron chi connectivity index (χ3n) is 3.90. The van der Waals surface area contributed by atoms with Crippen molar-refractivity contribution in [2.24, 2.45) is 0 Å². The van der Waals surface area contributed by atoms with Gasteiger partial charge in [0.25, 0.3) is 16.0 Å². The van der Waals surface area contributed by atoms with E-state index in [0.29, 0.717) is 0 Å². The second-order valence-corrected chi connectivity index (χ2v) is 7.12. The standard InChI is InChI=1S/C16H19N3O4S/c1-12-5-2-3-8-19(12)11-13(10-17)16(20)18-14-6-4-7-15(9-14)24(21,22)23/h4,6-7,9,11-12H,2-3,5,8H2,1H3,(H,18,20)(H,21,22,23)/b13-11-. The van der Waals surface area contributed by atoms with E-state index < -0.39 is 16.0 Å². The topological polar surface area (TPSA) is 111 Å². The maximum atomic E-state index is 12.2. The zero-order chi connectivity index (χ0) is 17.7. The fourth-order valence-corrected chi connectivity index (χ4v) is 3.08. The molecule has 0 bridgehead atoms. The summed E-state index contributed by atoms with van der Waals surface area (Å²) in [6, 6.07) is 7.34. The number of likely N-dealkylation sites (tertiary alicyclic amines) is 1. The summed E-state index contributed by atoms with van der Waals surface area (Å²) < 4.78 is 31.3. The van der Waals surface area contributed by atoms with E-state index in [9.17, 15) is 18.5 Å². The van der Waals surface area contributed by atoms with Crippen LogP contribution in [0, 0.1) is 11.3 Å². The minimum atomic E-state index is -4.36. The number of nitrogens with one attached hydrogen (secondary N) is 1. The maximum absolute atomic E-state index is 12.2. The zero-order valence-electron chi connectivity index (χ0n) is 13.3. The molecular formula is C16H19N3O4S. The second kappa shape index (κ2) is 7.47. The monoisotopic (exact) mass is 349 g/mol. The summed E-state index contributed by atoms with van der Waals surface area (Å²) in [5.41, 5.74) is 0.129. The van der Waals surface area contributed by atoms with Crippen LogP contribution in [0.25, 0.3) is 0 Å². The van der Waals surface area contributed by atoms with Gasteiger partial charge in [0.2, 0.25) is 0 Å². The smallest absolute Gasteiger partial charge is 0.294 e. The van der Waals surface area contributed by atoms with E-state index in [4.69, 9.17) is 4.55 Å². The molecule has 1 aliphatic rings. The Morgan fingerprint density at radius 2 is 2.21 bits per heavy atom.